The van der Waals surface area contributed by atoms with Crippen LogP contribution in [-0.2, 0) is 4.79 Å². The van der Waals surface area contributed by atoms with E-state index in [1.54, 1.807) is 6.92 Å². The lowest BCUT2D eigenvalue weighted by molar-refractivity contribution is -0.130. The molecule has 8 heteroatoms. The maximum atomic E-state index is 11.5. The van der Waals surface area contributed by atoms with E-state index in [4.69, 9.17) is 4.99 Å². The topological polar surface area (TPSA) is 54.4 Å². The minimum atomic E-state index is 0. The van der Waals surface area contributed by atoms with Crippen LogP contribution in [0.4, 0.5) is 0 Å². The zero-order valence-electron chi connectivity index (χ0n) is 20.0. The summed E-state index contributed by atoms with van der Waals surface area (Å²) in [6.07, 6.45) is 1.13. The lowest BCUT2D eigenvalue weighted by atomic mass is 10.0. The van der Waals surface area contributed by atoms with Crippen molar-refractivity contribution in [2.24, 2.45) is 4.99 Å². The Hall–Kier alpha value is -1.39. The predicted molar refractivity (Wildman–Crippen MR) is 143 cm³/mol. The molecule has 0 bridgehead atoms. The smallest absolute Gasteiger partial charge is 0.219 e. The summed E-state index contributed by atoms with van der Waals surface area (Å²) in [6.45, 7) is 16.4. The number of halogens is 1. The second-order valence-corrected chi connectivity index (χ2v) is 8.44. The highest BCUT2D eigenvalue weighted by molar-refractivity contribution is 14.0. The first kappa shape index (κ1) is 26.9. The third kappa shape index (κ3) is 7.59. The molecule has 1 aromatic carbocycles. The molecule has 0 saturated carbocycles. The first-order valence-corrected chi connectivity index (χ1v) is 11.9. The van der Waals surface area contributed by atoms with Crippen molar-refractivity contribution in [3.63, 3.8) is 0 Å². The second kappa shape index (κ2) is 14.0. The molecule has 32 heavy (non-hydrogen) atoms. The summed E-state index contributed by atoms with van der Waals surface area (Å²) in [5, 5.41) is 3.49. The Morgan fingerprint density at radius 1 is 0.969 bits per heavy atom. The molecule has 2 aliphatic rings. The number of amides is 1. The van der Waals surface area contributed by atoms with Crippen LogP contribution in [0, 0.1) is 0 Å². The van der Waals surface area contributed by atoms with E-state index in [1.807, 2.05) is 4.90 Å². The molecule has 1 atom stereocenters. The third-order valence-electron chi connectivity index (χ3n) is 6.46. The summed E-state index contributed by atoms with van der Waals surface area (Å²) in [5.74, 6) is 1.22. The van der Waals surface area contributed by atoms with E-state index in [-0.39, 0.29) is 29.9 Å². The van der Waals surface area contributed by atoms with Gasteiger partial charge in [0.2, 0.25) is 5.91 Å². The van der Waals surface area contributed by atoms with Crippen LogP contribution >= 0.6 is 24.0 Å². The van der Waals surface area contributed by atoms with Gasteiger partial charge in [0.1, 0.15) is 0 Å². The molecular formula is C24H41IN6O. The summed E-state index contributed by atoms with van der Waals surface area (Å²) < 4.78 is 0. The second-order valence-electron chi connectivity index (χ2n) is 8.44. The van der Waals surface area contributed by atoms with Crippen molar-refractivity contribution in [3.8, 4) is 0 Å². The van der Waals surface area contributed by atoms with Gasteiger partial charge in [0.05, 0.1) is 6.54 Å². The SMILES string of the molecule is CCNC(=NCCN1CCN(C(C)=O)CC1)N1CCN(C(CC)c2ccccc2)CC1.I. The number of nitrogens with zero attached hydrogens (tertiary/aromatic N) is 5. The largest absolute Gasteiger partial charge is 0.357 e. The molecule has 180 valence electrons. The molecular weight excluding hydrogens is 515 g/mol. The van der Waals surface area contributed by atoms with Crippen LogP contribution in [0.15, 0.2) is 35.3 Å². The van der Waals surface area contributed by atoms with E-state index >= 15 is 0 Å². The number of rotatable bonds is 7. The van der Waals surface area contributed by atoms with Crippen LogP contribution in [0.1, 0.15) is 38.8 Å². The van der Waals surface area contributed by atoms with Crippen LogP contribution in [0.3, 0.4) is 0 Å². The third-order valence-corrected chi connectivity index (χ3v) is 6.46. The van der Waals surface area contributed by atoms with Gasteiger partial charge in [0, 0.05) is 78.4 Å². The van der Waals surface area contributed by atoms with Crippen molar-refractivity contribution in [3.05, 3.63) is 35.9 Å². The van der Waals surface area contributed by atoms with E-state index in [9.17, 15) is 4.79 Å². The van der Waals surface area contributed by atoms with E-state index in [0.29, 0.717) is 6.04 Å². The normalized spacial score (nSPS) is 19.4. The number of hydrogen-bond acceptors (Lipinski definition) is 4. The van der Waals surface area contributed by atoms with Crippen molar-refractivity contribution < 1.29 is 4.79 Å². The summed E-state index contributed by atoms with van der Waals surface area (Å²) >= 11 is 0. The minimum Gasteiger partial charge on any atom is -0.357 e. The molecule has 0 aromatic heterocycles. The van der Waals surface area contributed by atoms with Crippen LogP contribution in [0.5, 0.6) is 0 Å². The summed E-state index contributed by atoms with van der Waals surface area (Å²) in [4.78, 5) is 25.8. The van der Waals surface area contributed by atoms with Crippen LogP contribution in [0.2, 0.25) is 0 Å². The van der Waals surface area contributed by atoms with Gasteiger partial charge >= 0.3 is 0 Å². The molecule has 0 radical (unpaired) electrons. The van der Waals surface area contributed by atoms with Crippen molar-refractivity contribution in [2.75, 3.05) is 72.0 Å². The van der Waals surface area contributed by atoms with Gasteiger partial charge in [-0.2, -0.15) is 0 Å². The highest BCUT2D eigenvalue weighted by Gasteiger charge is 2.25. The van der Waals surface area contributed by atoms with Crippen LogP contribution in [-0.4, -0.2) is 103 Å². The quantitative estimate of drug-likeness (QED) is 0.318. The first-order chi connectivity index (χ1) is 15.1. The maximum Gasteiger partial charge on any atom is 0.219 e. The molecule has 2 fully saturated rings. The number of aliphatic imine (C=N–C) groups is 1. The number of nitrogens with one attached hydrogen (secondary N) is 1. The fourth-order valence-electron chi connectivity index (χ4n) is 4.63. The van der Waals surface area contributed by atoms with Gasteiger partial charge in [-0.1, -0.05) is 37.3 Å². The number of carbonyl (C=O) groups is 1. The average Bonchev–Trinajstić information content (AvgIpc) is 2.80. The zero-order chi connectivity index (χ0) is 22.1. The Balaban J connectivity index is 0.00000363. The van der Waals surface area contributed by atoms with Crippen LogP contribution < -0.4 is 5.32 Å². The van der Waals surface area contributed by atoms with Crippen molar-refractivity contribution in [2.45, 2.75) is 33.2 Å². The molecule has 1 amide bonds. The number of benzene rings is 1. The van der Waals surface area contributed by atoms with Crippen molar-refractivity contribution in [1.82, 2.24) is 24.9 Å². The molecule has 2 saturated heterocycles. The molecule has 1 unspecified atom stereocenters. The fraction of sp³-hybridized carbons (Fsp3) is 0.667. The number of hydrogen-bond donors (Lipinski definition) is 1. The van der Waals surface area contributed by atoms with E-state index in [0.717, 1.165) is 84.4 Å². The molecule has 1 aromatic rings. The summed E-state index contributed by atoms with van der Waals surface area (Å²) in [5.41, 5.74) is 1.42. The Labute approximate surface area is 211 Å². The lowest BCUT2D eigenvalue weighted by Crippen LogP contribution is -2.53. The monoisotopic (exact) mass is 556 g/mol. The Morgan fingerprint density at radius 2 is 1.59 bits per heavy atom. The lowest BCUT2D eigenvalue weighted by Gasteiger charge is -2.40. The molecule has 2 heterocycles. The van der Waals surface area contributed by atoms with Gasteiger partial charge < -0.3 is 15.1 Å². The first-order valence-electron chi connectivity index (χ1n) is 11.9. The average molecular weight is 557 g/mol. The van der Waals surface area contributed by atoms with Crippen molar-refractivity contribution >= 4 is 35.8 Å². The highest BCUT2D eigenvalue weighted by Crippen LogP contribution is 2.25. The molecule has 7 nitrogen and oxygen atoms in total. The molecule has 1 N–H and O–H groups in total. The fourth-order valence-corrected chi connectivity index (χ4v) is 4.63. The van der Waals surface area contributed by atoms with E-state index in [1.165, 1.54) is 5.56 Å². The zero-order valence-corrected chi connectivity index (χ0v) is 22.3. The molecule has 3 rings (SSSR count). The van der Waals surface area contributed by atoms with Gasteiger partial charge in [0.25, 0.3) is 0 Å². The van der Waals surface area contributed by atoms with Gasteiger partial charge in [-0.25, -0.2) is 0 Å². The Bertz CT molecular complexity index is 700. The maximum absolute atomic E-state index is 11.5. The van der Waals surface area contributed by atoms with Crippen LogP contribution in [0.25, 0.3) is 0 Å². The number of piperazine rings is 2. The minimum absolute atomic E-state index is 0. The van der Waals surface area contributed by atoms with Gasteiger partial charge in [-0.15, -0.1) is 24.0 Å². The Morgan fingerprint density at radius 3 is 2.16 bits per heavy atom. The van der Waals surface area contributed by atoms with Gasteiger partial charge in [-0.3, -0.25) is 19.6 Å². The highest BCUT2D eigenvalue weighted by atomic mass is 127. The van der Waals surface area contributed by atoms with Gasteiger partial charge in [-0.05, 0) is 18.9 Å². The number of carbonyl (C=O) groups excluding carboxylic acids is 1. The molecule has 0 spiro atoms. The standard InChI is InChI=1S/C24H40N6O.HI/c1-4-23(22-9-7-6-8-10-22)29-17-19-30(20-18-29)24(25-5-2)26-11-12-27-13-15-28(16-14-27)21(3)31;/h6-10,23H,4-5,11-20H2,1-3H3,(H,25,26);1H. The van der Waals surface area contributed by atoms with E-state index in [2.05, 4.69) is 64.2 Å². The van der Waals surface area contributed by atoms with Gasteiger partial charge in [0.15, 0.2) is 5.96 Å². The van der Waals surface area contributed by atoms with E-state index < -0.39 is 0 Å². The Kier molecular flexibility index (Phi) is 11.7. The van der Waals surface area contributed by atoms with Crippen molar-refractivity contribution in [1.29, 1.82) is 0 Å². The summed E-state index contributed by atoms with van der Waals surface area (Å²) in [6, 6.07) is 11.4. The molecule has 0 aliphatic carbocycles. The summed E-state index contributed by atoms with van der Waals surface area (Å²) in [7, 11) is 0. The number of guanidine groups is 1. The molecule has 2 aliphatic heterocycles. The predicted octanol–water partition coefficient (Wildman–Crippen LogP) is 2.50.